The maximum absolute atomic E-state index is 12.8. The summed E-state index contributed by atoms with van der Waals surface area (Å²) in [5.74, 6) is 0.342. The molecule has 1 unspecified atom stereocenters. The highest BCUT2D eigenvalue weighted by Gasteiger charge is 2.28. The number of nitrogens with two attached hydrogens (primary N) is 1. The van der Waals surface area contributed by atoms with Gasteiger partial charge in [-0.1, -0.05) is 30.9 Å². The Bertz CT molecular complexity index is 884. The van der Waals surface area contributed by atoms with Gasteiger partial charge in [-0.3, -0.25) is 9.69 Å². The third-order valence-electron chi connectivity index (χ3n) is 6.07. The summed E-state index contributed by atoms with van der Waals surface area (Å²) in [6.45, 7) is 3.63. The molecule has 3 N–H and O–H groups in total. The van der Waals surface area contributed by atoms with Crippen LogP contribution in [0.3, 0.4) is 0 Å². The average molecular weight is 416 g/mol. The van der Waals surface area contributed by atoms with Gasteiger partial charge in [-0.25, -0.2) is 10.1 Å². The Kier molecular flexibility index (Phi) is 6.36. The maximum atomic E-state index is 12.8. The Morgan fingerprint density at radius 1 is 1.23 bits per heavy atom. The van der Waals surface area contributed by atoms with E-state index in [1.807, 2.05) is 6.21 Å². The molecule has 162 valence electrons. The minimum Gasteiger partial charge on any atom is -0.378 e. The molecule has 1 amide bonds. The fourth-order valence-corrected chi connectivity index (χ4v) is 4.25. The van der Waals surface area contributed by atoms with Gasteiger partial charge in [-0.2, -0.15) is 9.78 Å². The van der Waals surface area contributed by atoms with E-state index in [4.69, 9.17) is 10.4 Å². The number of aromatic nitrogens is 5. The summed E-state index contributed by atoms with van der Waals surface area (Å²) in [5, 5.41) is 19.8. The van der Waals surface area contributed by atoms with Crippen molar-refractivity contribution in [1.29, 1.82) is 0 Å². The van der Waals surface area contributed by atoms with E-state index in [0.29, 0.717) is 24.2 Å². The van der Waals surface area contributed by atoms with Crippen LogP contribution in [-0.2, 0) is 6.54 Å². The number of piperidine rings is 1. The molecule has 1 saturated heterocycles. The van der Waals surface area contributed by atoms with Crippen LogP contribution < -0.4 is 11.2 Å². The molecule has 2 fully saturated rings. The van der Waals surface area contributed by atoms with Gasteiger partial charge < -0.3 is 5.73 Å². The van der Waals surface area contributed by atoms with Crippen molar-refractivity contribution in [3.8, 4) is 5.82 Å². The Morgan fingerprint density at radius 2 is 2.03 bits per heavy atom. The molecule has 2 aromatic heterocycles. The van der Waals surface area contributed by atoms with Gasteiger partial charge in [0.1, 0.15) is 0 Å². The number of rotatable bonds is 6. The van der Waals surface area contributed by atoms with E-state index in [1.165, 1.54) is 30.4 Å². The zero-order valence-electron chi connectivity index (χ0n) is 17.3. The van der Waals surface area contributed by atoms with Crippen LogP contribution in [0.2, 0.25) is 0 Å². The number of hydrogen-bond donors (Lipinski definition) is 2. The molecule has 1 saturated carbocycles. The molecule has 0 aromatic carbocycles. The lowest BCUT2D eigenvalue weighted by Crippen LogP contribution is -2.38. The standard InChI is InChI=1S/C19H29N9O2/c1-13-7-5-6-10-27(13)12-15-16(22-26-28(15)18-17(20)24-30-25-18)19(29)23-21-11-14-8-3-2-4-9-14/h11,13-14H,2-10,12H2,1H3,(H2,20,24)(H,23,29)/b21-11-. The molecular weight excluding hydrogens is 386 g/mol. The van der Waals surface area contributed by atoms with Crippen LogP contribution in [0, 0.1) is 5.92 Å². The molecule has 4 rings (SSSR count). The first-order chi connectivity index (χ1) is 14.6. The lowest BCUT2D eigenvalue weighted by atomic mass is 9.90. The number of carbonyl (C=O) groups is 1. The average Bonchev–Trinajstić information content (AvgIpc) is 3.36. The quantitative estimate of drug-likeness (QED) is 0.538. The molecular formula is C19H29N9O2. The molecule has 0 bridgehead atoms. The zero-order chi connectivity index (χ0) is 20.9. The predicted molar refractivity (Wildman–Crippen MR) is 110 cm³/mol. The number of anilines is 1. The fourth-order valence-electron chi connectivity index (χ4n) is 4.25. The van der Waals surface area contributed by atoms with Crippen molar-refractivity contribution in [3.63, 3.8) is 0 Å². The summed E-state index contributed by atoms with van der Waals surface area (Å²) in [4.78, 5) is 15.2. The first-order valence-corrected chi connectivity index (χ1v) is 10.7. The summed E-state index contributed by atoms with van der Waals surface area (Å²) in [7, 11) is 0. The van der Waals surface area contributed by atoms with Gasteiger partial charge in [0.05, 0.1) is 5.69 Å². The van der Waals surface area contributed by atoms with E-state index >= 15 is 0 Å². The maximum Gasteiger partial charge on any atom is 0.293 e. The highest BCUT2D eigenvalue weighted by Crippen LogP contribution is 2.23. The second-order valence-corrected chi connectivity index (χ2v) is 8.20. The van der Waals surface area contributed by atoms with E-state index in [0.717, 1.165) is 32.2 Å². The van der Waals surface area contributed by atoms with Gasteiger partial charge in [0.2, 0.25) is 11.6 Å². The molecule has 2 aliphatic rings. The molecule has 11 heteroatoms. The molecule has 1 aliphatic carbocycles. The fraction of sp³-hybridized carbons (Fsp3) is 0.684. The number of carbonyl (C=O) groups excluding carboxylic acids is 1. The lowest BCUT2D eigenvalue weighted by Gasteiger charge is -2.33. The van der Waals surface area contributed by atoms with E-state index in [-0.39, 0.29) is 17.3 Å². The molecule has 3 heterocycles. The Balaban J connectivity index is 1.55. The predicted octanol–water partition coefficient (Wildman–Crippen LogP) is 1.90. The van der Waals surface area contributed by atoms with E-state index in [9.17, 15) is 4.79 Å². The van der Waals surface area contributed by atoms with Crippen LogP contribution in [0.1, 0.15) is 74.5 Å². The van der Waals surface area contributed by atoms with Crippen LogP contribution in [0.15, 0.2) is 9.73 Å². The molecule has 0 spiro atoms. The summed E-state index contributed by atoms with van der Waals surface area (Å²) in [5.41, 5.74) is 9.27. The molecule has 30 heavy (non-hydrogen) atoms. The lowest BCUT2D eigenvalue weighted by molar-refractivity contribution is 0.0944. The van der Waals surface area contributed by atoms with Crippen molar-refractivity contribution < 1.29 is 9.42 Å². The molecule has 11 nitrogen and oxygen atoms in total. The van der Waals surface area contributed by atoms with Gasteiger partial charge in [0.15, 0.2) is 5.69 Å². The topological polar surface area (TPSA) is 140 Å². The van der Waals surface area contributed by atoms with Crippen molar-refractivity contribution in [2.75, 3.05) is 12.3 Å². The summed E-state index contributed by atoms with van der Waals surface area (Å²) >= 11 is 0. The summed E-state index contributed by atoms with van der Waals surface area (Å²) < 4.78 is 6.15. The molecule has 0 radical (unpaired) electrons. The van der Waals surface area contributed by atoms with Crippen LogP contribution in [0.25, 0.3) is 5.82 Å². The first kappa shape index (κ1) is 20.5. The second-order valence-electron chi connectivity index (χ2n) is 8.20. The summed E-state index contributed by atoms with van der Waals surface area (Å²) in [6, 6.07) is 0.398. The van der Waals surface area contributed by atoms with Gasteiger partial charge in [0, 0.05) is 18.8 Å². The van der Waals surface area contributed by atoms with Gasteiger partial charge in [-0.15, -0.1) is 5.10 Å². The smallest absolute Gasteiger partial charge is 0.293 e. The Morgan fingerprint density at radius 3 is 2.77 bits per heavy atom. The van der Waals surface area contributed by atoms with E-state index in [2.05, 4.69) is 43.0 Å². The number of likely N-dealkylation sites (tertiary alicyclic amines) is 1. The monoisotopic (exact) mass is 415 g/mol. The van der Waals surface area contributed by atoms with E-state index < -0.39 is 5.91 Å². The van der Waals surface area contributed by atoms with E-state index in [1.54, 1.807) is 0 Å². The van der Waals surface area contributed by atoms with Crippen LogP contribution in [0.4, 0.5) is 5.82 Å². The number of nitrogens with zero attached hydrogens (tertiary/aromatic N) is 7. The van der Waals surface area contributed by atoms with Crippen LogP contribution >= 0.6 is 0 Å². The SMILES string of the molecule is CC1CCCCN1Cc1c(C(=O)N/N=C\C2CCCCC2)nnn1-c1nonc1N. The van der Waals surface area contributed by atoms with Crippen LogP contribution in [-0.4, -0.2) is 54.9 Å². The molecule has 1 aliphatic heterocycles. The van der Waals surface area contributed by atoms with Crippen LogP contribution in [0.5, 0.6) is 0 Å². The largest absolute Gasteiger partial charge is 0.378 e. The number of hydrazone groups is 1. The first-order valence-electron chi connectivity index (χ1n) is 10.7. The normalized spacial score (nSPS) is 21.3. The highest BCUT2D eigenvalue weighted by atomic mass is 16.6. The number of nitrogens with one attached hydrogen (secondary N) is 1. The summed E-state index contributed by atoms with van der Waals surface area (Å²) in [6.07, 6.45) is 11.2. The molecule has 1 atom stereocenters. The minimum absolute atomic E-state index is 0.0927. The Hall–Kier alpha value is -2.82. The third-order valence-corrected chi connectivity index (χ3v) is 6.07. The van der Waals surface area contributed by atoms with Crippen molar-refractivity contribution in [3.05, 3.63) is 11.4 Å². The van der Waals surface area contributed by atoms with Crippen molar-refractivity contribution >= 4 is 17.9 Å². The minimum atomic E-state index is -0.400. The third kappa shape index (κ3) is 4.50. The highest BCUT2D eigenvalue weighted by molar-refractivity contribution is 5.93. The van der Waals surface area contributed by atoms with Crippen molar-refractivity contribution in [2.24, 2.45) is 11.0 Å². The number of nitrogen functional groups attached to an aromatic ring is 1. The zero-order valence-corrected chi connectivity index (χ0v) is 17.3. The second kappa shape index (κ2) is 9.33. The van der Waals surface area contributed by atoms with Gasteiger partial charge in [-0.05, 0) is 55.4 Å². The van der Waals surface area contributed by atoms with Gasteiger partial charge in [0.25, 0.3) is 5.91 Å². The van der Waals surface area contributed by atoms with Gasteiger partial charge >= 0.3 is 0 Å². The molecule has 2 aromatic rings. The number of hydrogen-bond acceptors (Lipinski definition) is 9. The number of amides is 1. The van der Waals surface area contributed by atoms with Crippen molar-refractivity contribution in [1.82, 2.24) is 35.6 Å². The van der Waals surface area contributed by atoms with Crippen molar-refractivity contribution in [2.45, 2.75) is 70.9 Å². The Labute approximate surface area is 175 Å².